The molecule has 0 fully saturated rings. The number of benzene rings is 4. The molecule has 2 amide bonds. The molecule has 1 aliphatic rings. The van der Waals surface area contributed by atoms with Gasteiger partial charge in [-0.3, -0.25) is 9.59 Å². The Balaban J connectivity index is 1.47. The number of nitrogens with one attached hydrogen (secondary N) is 2. The van der Waals surface area contributed by atoms with E-state index in [0.717, 1.165) is 10.8 Å². The van der Waals surface area contributed by atoms with Crippen molar-refractivity contribution in [1.29, 1.82) is 0 Å². The van der Waals surface area contributed by atoms with Gasteiger partial charge in [-0.15, -0.1) is 0 Å². The van der Waals surface area contributed by atoms with Gasteiger partial charge < -0.3 is 15.4 Å². The molecule has 29 heavy (non-hydrogen) atoms. The van der Waals surface area contributed by atoms with Gasteiger partial charge in [0.05, 0.1) is 11.3 Å². The molecule has 5 nitrogen and oxygen atoms in total. The number of anilines is 2. The fraction of sp³-hybridized carbons (Fsp3) is 0. The van der Waals surface area contributed by atoms with Crippen LogP contribution in [-0.2, 0) is 0 Å². The maximum atomic E-state index is 12.9. The first-order chi connectivity index (χ1) is 14.2. The van der Waals surface area contributed by atoms with Crippen LogP contribution in [0.15, 0.2) is 84.9 Å². The van der Waals surface area contributed by atoms with E-state index >= 15 is 0 Å². The minimum Gasteiger partial charge on any atom is -0.454 e. The van der Waals surface area contributed by atoms with E-state index in [2.05, 4.69) is 10.6 Å². The van der Waals surface area contributed by atoms with E-state index in [1.54, 1.807) is 36.4 Å². The van der Waals surface area contributed by atoms with Gasteiger partial charge in [-0.1, -0.05) is 48.5 Å². The van der Waals surface area contributed by atoms with E-state index in [-0.39, 0.29) is 11.8 Å². The fourth-order valence-electron chi connectivity index (χ4n) is 3.46. The van der Waals surface area contributed by atoms with Crippen molar-refractivity contribution in [2.75, 3.05) is 10.6 Å². The Kier molecular flexibility index (Phi) is 3.99. The highest BCUT2D eigenvalue weighted by Crippen LogP contribution is 2.36. The lowest BCUT2D eigenvalue weighted by molar-refractivity contribution is 0.101. The number of rotatable bonds is 2. The minimum absolute atomic E-state index is 0.236. The second-order valence-electron chi connectivity index (χ2n) is 6.74. The molecule has 0 bridgehead atoms. The topological polar surface area (TPSA) is 67.4 Å². The number of carbonyl (C=O) groups is 2. The van der Waals surface area contributed by atoms with Gasteiger partial charge >= 0.3 is 0 Å². The molecule has 5 heteroatoms. The third kappa shape index (κ3) is 3.08. The summed E-state index contributed by atoms with van der Waals surface area (Å²) in [4.78, 5) is 25.5. The molecule has 0 aromatic heterocycles. The zero-order valence-electron chi connectivity index (χ0n) is 15.3. The molecular formula is C24H16N2O3. The molecule has 4 aromatic carbocycles. The first-order valence-corrected chi connectivity index (χ1v) is 9.20. The number of fused-ring (bicyclic) bond motifs is 3. The Morgan fingerprint density at radius 1 is 0.828 bits per heavy atom. The van der Waals surface area contributed by atoms with E-state index in [0.29, 0.717) is 34.0 Å². The average molecular weight is 380 g/mol. The summed E-state index contributed by atoms with van der Waals surface area (Å²) in [5.41, 5.74) is 2.06. The summed E-state index contributed by atoms with van der Waals surface area (Å²) in [5, 5.41) is 7.59. The molecule has 1 heterocycles. The van der Waals surface area contributed by atoms with Crippen LogP contribution in [0.3, 0.4) is 0 Å². The highest BCUT2D eigenvalue weighted by molar-refractivity contribution is 6.14. The molecule has 5 rings (SSSR count). The Morgan fingerprint density at radius 3 is 2.55 bits per heavy atom. The highest BCUT2D eigenvalue weighted by Gasteiger charge is 2.21. The SMILES string of the molecule is O=C1Nc2ccccc2Oc2ccc(NC(=O)c3cccc4ccccc34)cc21. The molecule has 1 aliphatic heterocycles. The van der Waals surface area contributed by atoms with Crippen LogP contribution in [0.4, 0.5) is 11.4 Å². The van der Waals surface area contributed by atoms with E-state index in [4.69, 9.17) is 4.74 Å². The third-order valence-corrected chi connectivity index (χ3v) is 4.87. The maximum Gasteiger partial charge on any atom is 0.259 e. The smallest absolute Gasteiger partial charge is 0.259 e. The molecule has 4 aromatic rings. The summed E-state index contributed by atoms with van der Waals surface area (Å²) >= 11 is 0. The van der Waals surface area contributed by atoms with E-state index < -0.39 is 0 Å². The monoisotopic (exact) mass is 380 g/mol. The van der Waals surface area contributed by atoms with Crippen molar-refractivity contribution in [2.24, 2.45) is 0 Å². The van der Waals surface area contributed by atoms with E-state index in [1.807, 2.05) is 48.5 Å². The van der Waals surface area contributed by atoms with Gasteiger partial charge in [0.15, 0.2) is 5.75 Å². The molecule has 0 radical (unpaired) electrons. The van der Waals surface area contributed by atoms with Crippen LogP contribution in [0.1, 0.15) is 20.7 Å². The van der Waals surface area contributed by atoms with Gasteiger partial charge in [-0.25, -0.2) is 0 Å². The number of para-hydroxylation sites is 2. The number of hydrogen-bond donors (Lipinski definition) is 2. The normalized spacial score (nSPS) is 12.2. The number of ether oxygens (including phenoxy) is 1. The Labute approximate surface area is 166 Å². The molecule has 0 spiro atoms. The Morgan fingerprint density at radius 2 is 1.62 bits per heavy atom. The molecular weight excluding hydrogens is 364 g/mol. The van der Waals surface area contributed by atoms with Gasteiger partial charge in [0.1, 0.15) is 5.75 Å². The number of carbonyl (C=O) groups excluding carboxylic acids is 2. The lowest BCUT2D eigenvalue weighted by Gasteiger charge is -2.11. The molecule has 2 N–H and O–H groups in total. The van der Waals surface area contributed by atoms with E-state index in [9.17, 15) is 9.59 Å². The second-order valence-corrected chi connectivity index (χ2v) is 6.74. The van der Waals surface area contributed by atoms with Gasteiger partial charge in [0.25, 0.3) is 11.8 Å². The van der Waals surface area contributed by atoms with Gasteiger partial charge in [0, 0.05) is 11.3 Å². The lowest BCUT2D eigenvalue weighted by Crippen LogP contribution is -2.14. The van der Waals surface area contributed by atoms with Crippen molar-refractivity contribution < 1.29 is 14.3 Å². The van der Waals surface area contributed by atoms with Crippen LogP contribution in [0.5, 0.6) is 11.5 Å². The summed E-state index contributed by atoms with van der Waals surface area (Å²) in [6, 6.07) is 25.6. The van der Waals surface area contributed by atoms with Gasteiger partial charge in [-0.2, -0.15) is 0 Å². The van der Waals surface area contributed by atoms with Crippen molar-refractivity contribution >= 4 is 34.0 Å². The van der Waals surface area contributed by atoms with Crippen LogP contribution in [-0.4, -0.2) is 11.8 Å². The van der Waals surface area contributed by atoms with Crippen molar-refractivity contribution in [3.05, 3.63) is 96.1 Å². The van der Waals surface area contributed by atoms with Crippen LogP contribution in [0.2, 0.25) is 0 Å². The number of hydrogen-bond acceptors (Lipinski definition) is 3. The Bertz CT molecular complexity index is 1270. The molecule has 0 atom stereocenters. The summed E-state index contributed by atoms with van der Waals surface area (Å²) < 4.78 is 5.88. The van der Waals surface area contributed by atoms with Crippen LogP contribution < -0.4 is 15.4 Å². The molecule has 0 aliphatic carbocycles. The molecule has 0 saturated carbocycles. The molecule has 140 valence electrons. The fourth-order valence-corrected chi connectivity index (χ4v) is 3.46. The van der Waals surface area contributed by atoms with Crippen LogP contribution in [0.25, 0.3) is 10.8 Å². The predicted octanol–water partition coefficient (Wildman–Crippen LogP) is 5.45. The lowest BCUT2D eigenvalue weighted by atomic mass is 10.0. The summed E-state index contributed by atoms with van der Waals surface area (Å²) in [7, 11) is 0. The quantitative estimate of drug-likeness (QED) is 0.486. The summed E-state index contributed by atoms with van der Waals surface area (Å²) in [6.07, 6.45) is 0. The van der Waals surface area contributed by atoms with Crippen molar-refractivity contribution in [3.8, 4) is 11.5 Å². The molecule has 0 unspecified atom stereocenters. The van der Waals surface area contributed by atoms with Crippen molar-refractivity contribution in [1.82, 2.24) is 0 Å². The first kappa shape index (κ1) is 17.0. The van der Waals surface area contributed by atoms with Gasteiger partial charge in [-0.05, 0) is 47.2 Å². The van der Waals surface area contributed by atoms with Crippen molar-refractivity contribution in [3.63, 3.8) is 0 Å². The predicted molar refractivity (Wildman–Crippen MR) is 113 cm³/mol. The summed E-state index contributed by atoms with van der Waals surface area (Å²) in [5.74, 6) is 0.494. The zero-order chi connectivity index (χ0) is 19.8. The highest BCUT2D eigenvalue weighted by atomic mass is 16.5. The minimum atomic E-state index is -0.286. The van der Waals surface area contributed by atoms with E-state index in [1.165, 1.54) is 0 Å². The largest absolute Gasteiger partial charge is 0.454 e. The van der Waals surface area contributed by atoms with Crippen LogP contribution in [0, 0.1) is 0 Å². The zero-order valence-corrected chi connectivity index (χ0v) is 15.3. The number of amides is 2. The Hall–Kier alpha value is -4.12. The van der Waals surface area contributed by atoms with Crippen molar-refractivity contribution in [2.45, 2.75) is 0 Å². The standard InChI is InChI=1S/C24H16N2O3/c27-23(18-9-5-7-15-6-1-2-8-17(15)18)25-16-12-13-21-19(14-16)24(28)26-20-10-3-4-11-22(20)29-21/h1-14H,(H,25,27)(H,26,28). The first-order valence-electron chi connectivity index (χ1n) is 9.20. The third-order valence-electron chi connectivity index (χ3n) is 4.87. The second kappa shape index (κ2) is 6.80. The van der Waals surface area contributed by atoms with Crippen LogP contribution >= 0.6 is 0 Å². The summed E-state index contributed by atoms with van der Waals surface area (Å²) in [6.45, 7) is 0. The maximum absolute atomic E-state index is 12.9. The molecule has 0 saturated heterocycles. The van der Waals surface area contributed by atoms with Gasteiger partial charge in [0.2, 0.25) is 0 Å². The average Bonchev–Trinajstić information content (AvgIpc) is 2.89.